The normalized spacial score (nSPS) is 10.3. The quantitative estimate of drug-likeness (QED) is 0.669. The van der Waals surface area contributed by atoms with Gasteiger partial charge in [-0.05, 0) is 68.3 Å². The van der Waals surface area contributed by atoms with Crippen molar-refractivity contribution < 1.29 is 14.2 Å². The first-order chi connectivity index (χ1) is 10.7. The molecule has 22 heavy (non-hydrogen) atoms. The summed E-state index contributed by atoms with van der Waals surface area (Å²) in [5.41, 5.74) is 2.45. The second-order valence-corrected chi connectivity index (χ2v) is 5.28. The van der Waals surface area contributed by atoms with Crippen molar-refractivity contribution in [3.05, 3.63) is 53.6 Å². The molecule has 118 valence electrons. The minimum atomic E-state index is 0.638. The van der Waals surface area contributed by atoms with Gasteiger partial charge in [0, 0.05) is 6.42 Å². The van der Waals surface area contributed by atoms with Crippen molar-refractivity contribution in [3.63, 3.8) is 0 Å². The van der Waals surface area contributed by atoms with Crippen LogP contribution in [0.3, 0.4) is 0 Å². The third-order valence-corrected chi connectivity index (χ3v) is 3.16. The van der Waals surface area contributed by atoms with E-state index < -0.39 is 0 Å². The minimum absolute atomic E-state index is 0.638. The van der Waals surface area contributed by atoms with Gasteiger partial charge < -0.3 is 14.2 Å². The molecule has 0 heterocycles. The summed E-state index contributed by atoms with van der Waals surface area (Å²) in [6.07, 6.45) is 0.847. The van der Waals surface area contributed by atoms with E-state index in [9.17, 15) is 0 Å². The van der Waals surface area contributed by atoms with Crippen molar-refractivity contribution in [1.29, 1.82) is 0 Å². The Morgan fingerprint density at radius 3 is 1.73 bits per heavy atom. The molecule has 0 amide bonds. The van der Waals surface area contributed by atoms with Crippen LogP contribution in [0.4, 0.5) is 0 Å². The lowest BCUT2D eigenvalue weighted by molar-refractivity contribution is 0.247. The van der Waals surface area contributed by atoms with Crippen molar-refractivity contribution in [3.8, 4) is 17.2 Å². The van der Waals surface area contributed by atoms with E-state index >= 15 is 0 Å². The Balaban J connectivity index is 1.68. The molecule has 0 aliphatic heterocycles. The Hall–Kier alpha value is -2.16. The molecule has 0 atom stereocenters. The SMILES string of the molecule is CCOc1ccc(OCCCOc2cc(C)cc(C)c2)cc1. The molecule has 0 spiro atoms. The van der Waals surface area contributed by atoms with E-state index in [-0.39, 0.29) is 0 Å². The monoisotopic (exact) mass is 300 g/mol. The Labute approximate surface area is 132 Å². The van der Waals surface area contributed by atoms with E-state index in [1.165, 1.54) is 11.1 Å². The highest BCUT2D eigenvalue weighted by Gasteiger charge is 1.99. The fourth-order valence-corrected chi connectivity index (χ4v) is 2.25. The van der Waals surface area contributed by atoms with Gasteiger partial charge in [0.2, 0.25) is 0 Å². The second-order valence-electron chi connectivity index (χ2n) is 5.28. The number of aryl methyl sites for hydroxylation is 2. The fourth-order valence-electron chi connectivity index (χ4n) is 2.25. The van der Waals surface area contributed by atoms with Gasteiger partial charge in [-0.2, -0.15) is 0 Å². The molecule has 0 saturated heterocycles. The summed E-state index contributed by atoms with van der Waals surface area (Å²) in [5.74, 6) is 2.65. The maximum Gasteiger partial charge on any atom is 0.119 e. The van der Waals surface area contributed by atoms with Crippen molar-refractivity contribution in [2.24, 2.45) is 0 Å². The van der Waals surface area contributed by atoms with Gasteiger partial charge in [0.1, 0.15) is 17.2 Å². The molecule has 0 bridgehead atoms. The Morgan fingerprint density at radius 2 is 1.18 bits per heavy atom. The number of hydrogen-bond donors (Lipinski definition) is 0. The maximum atomic E-state index is 5.76. The number of hydrogen-bond acceptors (Lipinski definition) is 3. The topological polar surface area (TPSA) is 27.7 Å². The summed E-state index contributed by atoms with van der Waals surface area (Å²) in [6, 6.07) is 13.9. The van der Waals surface area contributed by atoms with Crippen LogP contribution in [0, 0.1) is 13.8 Å². The molecule has 0 unspecified atom stereocenters. The molecule has 0 saturated carbocycles. The highest BCUT2D eigenvalue weighted by atomic mass is 16.5. The lowest BCUT2D eigenvalue weighted by atomic mass is 10.1. The lowest BCUT2D eigenvalue weighted by Crippen LogP contribution is -2.05. The standard InChI is InChI=1S/C19H24O3/c1-4-20-17-6-8-18(9-7-17)21-10-5-11-22-19-13-15(2)12-16(3)14-19/h6-9,12-14H,4-5,10-11H2,1-3H3. The van der Waals surface area contributed by atoms with Gasteiger partial charge in [0.05, 0.1) is 19.8 Å². The number of benzene rings is 2. The van der Waals surface area contributed by atoms with E-state index in [4.69, 9.17) is 14.2 Å². The second kappa shape index (κ2) is 8.32. The van der Waals surface area contributed by atoms with Crippen LogP contribution in [0.15, 0.2) is 42.5 Å². The fraction of sp³-hybridized carbons (Fsp3) is 0.368. The van der Waals surface area contributed by atoms with Crippen LogP contribution in [0.5, 0.6) is 17.2 Å². The lowest BCUT2D eigenvalue weighted by Gasteiger charge is -2.10. The molecule has 2 rings (SSSR count). The minimum Gasteiger partial charge on any atom is -0.494 e. The third kappa shape index (κ3) is 5.32. The van der Waals surface area contributed by atoms with Gasteiger partial charge >= 0.3 is 0 Å². The van der Waals surface area contributed by atoms with Gasteiger partial charge in [-0.3, -0.25) is 0 Å². The summed E-state index contributed by atoms with van der Waals surface area (Å²) in [6.45, 7) is 8.10. The van der Waals surface area contributed by atoms with Crippen LogP contribution >= 0.6 is 0 Å². The van der Waals surface area contributed by atoms with Gasteiger partial charge in [-0.1, -0.05) is 6.07 Å². The highest BCUT2D eigenvalue weighted by Crippen LogP contribution is 2.18. The first-order valence-electron chi connectivity index (χ1n) is 7.74. The van der Waals surface area contributed by atoms with Gasteiger partial charge in [-0.15, -0.1) is 0 Å². The maximum absolute atomic E-state index is 5.76. The summed E-state index contributed by atoms with van der Waals surface area (Å²) < 4.78 is 16.8. The molecular weight excluding hydrogens is 276 g/mol. The molecule has 0 aliphatic carbocycles. The van der Waals surface area contributed by atoms with E-state index in [0.717, 1.165) is 23.7 Å². The highest BCUT2D eigenvalue weighted by molar-refractivity contribution is 5.33. The van der Waals surface area contributed by atoms with Crippen molar-refractivity contribution in [2.45, 2.75) is 27.2 Å². The third-order valence-electron chi connectivity index (χ3n) is 3.16. The Morgan fingerprint density at radius 1 is 0.682 bits per heavy atom. The van der Waals surface area contributed by atoms with Crippen LogP contribution in [0.25, 0.3) is 0 Å². The van der Waals surface area contributed by atoms with Crippen LogP contribution in [-0.2, 0) is 0 Å². The molecule has 3 nitrogen and oxygen atoms in total. The van der Waals surface area contributed by atoms with Gasteiger partial charge in [0.15, 0.2) is 0 Å². The predicted octanol–water partition coefficient (Wildman–Crippen LogP) is 4.55. The first-order valence-corrected chi connectivity index (χ1v) is 7.74. The van der Waals surface area contributed by atoms with Crippen LogP contribution in [0.1, 0.15) is 24.5 Å². The zero-order chi connectivity index (χ0) is 15.8. The summed E-state index contributed by atoms with van der Waals surface area (Å²) in [7, 11) is 0. The summed E-state index contributed by atoms with van der Waals surface area (Å²) in [4.78, 5) is 0. The van der Waals surface area contributed by atoms with E-state index in [1.807, 2.05) is 31.2 Å². The van der Waals surface area contributed by atoms with Crippen molar-refractivity contribution in [1.82, 2.24) is 0 Å². The summed E-state index contributed by atoms with van der Waals surface area (Å²) >= 11 is 0. The van der Waals surface area contributed by atoms with Gasteiger partial charge in [-0.25, -0.2) is 0 Å². The van der Waals surface area contributed by atoms with Gasteiger partial charge in [0.25, 0.3) is 0 Å². The zero-order valence-corrected chi connectivity index (χ0v) is 13.6. The Bertz CT molecular complexity index is 555. The average Bonchev–Trinajstić information content (AvgIpc) is 2.48. The average molecular weight is 300 g/mol. The first kappa shape index (κ1) is 16.2. The number of rotatable bonds is 8. The molecule has 0 aromatic heterocycles. The van der Waals surface area contributed by atoms with E-state index in [0.29, 0.717) is 19.8 Å². The summed E-state index contributed by atoms with van der Waals surface area (Å²) in [5, 5.41) is 0. The van der Waals surface area contributed by atoms with Crippen LogP contribution in [0.2, 0.25) is 0 Å². The van der Waals surface area contributed by atoms with Crippen molar-refractivity contribution in [2.75, 3.05) is 19.8 Å². The number of ether oxygens (including phenoxy) is 3. The molecule has 0 fully saturated rings. The molecule has 2 aromatic carbocycles. The smallest absolute Gasteiger partial charge is 0.119 e. The largest absolute Gasteiger partial charge is 0.494 e. The molecular formula is C19H24O3. The molecule has 3 heteroatoms. The van der Waals surface area contributed by atoms with Crippen LogP contribution in [-0.4, -0.2) is 19.8 Å². The molecule has 0 N–H and O–H groups in total. The molecule has 0 radical (unpaired) electrons. The van der Waals surface area contributed by atoms with Crippen LogP contribution < -0.4 is 14.2 Å². The Kier molecular flexibility index (Phi) is 6.13. The van der Waals surface area contributed by atoms with E-state index in [1.54, 1.807) is 0 Å². The zero-order valence-electron chi connectivity index (χ0n) is 13.6. The van der Waals surface area contributed by atoms with Crippen molar-refractivity contribution >= 4 is 0 Å². The predicted molar refractivity (Wildman–Crippen MR) is 89.1 cm³/mol. The van der Waals surface area contributed by atoms with E-state index in [2.05, 4.69) is 32.0 Å². The molecule has 0 aliphatic rings. The molecule has 2 aromatic rings.